The quantitative estimate of drug-likeness (QED) is 0.781. The summed E-state index contributed by atoms with van der Waals surface area (Å²) in [6.45, 7) is 7.75. The van der Waals surface area contributed by atoms with Crippen LogP contribution in [0.1, 0.15) is 18.4 Å². The van der Waals surface area contributed by atoms with E-state index in [1.165, 1.54) is 0 Å². The predicted molar refractivity (Wildman–Crippen MR) is 91.1 cm³/mol. The second-order valence-corrected chi connectivity index (χ2v) is 5.90. The summed E-state index contributed by atoms with van der Waals surface area (Å²) < 4.78 is 10.6. The Morgan fingerprint density at radius 3 is 2.64 bits per heavy atom. The Morgan fingerprint density at radius 2 is 2.05 bits per heavy atom. The van der Waals surface area contributed by atoms with Crippen LogP contribution in [0.15, 0.2) is 24.8 Å². The number of methoxy groups -OCH3 is 2. The summed E-state index contributed by atoms with van der Waals surface area (Å²) in [6.07, 6.45) is 4.27. The third-order valence-corrected chi connectivity index (χ3v) is 4.54. The van der Waals surface area contributed by atoms with Crippen molar-refractivity contribution in [3.05, 3.63) is 35.4 Å². The Hall–Kier alpha value is -1.23. The van der Waals surface area contributed by atoms with Gasteiger partial charge in [-0.15, -0.1) is 6.58 Å². The zero-order valence-electron chi connectivity index (χ0n) is 13.4. The first-order valence-electron chi connectivity index (χ1n) is 7.65. The van der Waals surface area contributed by atoms with Gasteiger partial charge in [-0.1, -0.05) is 23.7 Å². The van der Waals surface area contributed by atoms with Gasteiger partial charge in [0.15, 0.2) is 11.5 Å². The van der Waals surface area contributed by atoms with Crippen molar-refractivity contribution in [1.29, 1.82) is 0 Å². The normalized spacial score (nSPS) is 16.5. The van der Waals surface area contributed by atoms with Gasteiger partial charge in [0.1, 0.15) is 0 Å². The second kappa shape index (κ2) is 8.42. The minimum absolute atomic E-state index is 0.533. The van der Waals surface area contributed by atoms with Crippen LogP contribution in [0.5, 0.6) is 11.5 Å². The predicted octanol–water partition coefficient (Wildman–Crippen LogP) is 3.10. The summed E-state index contributed by atoms with van der Waals surface area (Å²) in [6, 6.07) is 4.42. The van der Waals surface area contributed by atoms with Gasteiger partial charge in [0.2, 0.25) is 0 Å². The van der Waals surface area contributed by atoms with Gasteiger partial charge in [-0.2, -0.15) is 0 Å². The number of ether oxygens (including phenoxy) is 2. The van der Waals surface area contributed by atoms with Crippen molar-refractivity contribution < 1.29 is 9.47 Å². The Labute approximate surface area is 138 Å². The SMILES string of the molecule is C=CCN1CCC(NCc2ccc(OC)c(OC)c2Cl)CC1. The Kier molecular flexibility index (Phi) is 6.55. The second-order valence-electron chi connectivity index (χ2n) is 5.52. The Morgan fingerprint density at radius 1 is 1.32 bits per heavy atom. The highest BCUT2D eigenvalue weighted by Gasteiger charge is 2.19. The molecular weight excluding hydrogens is 300 g/mol. The van der Waals surface area contributed by atoms with Crippen molar-refractivity contribution in [3.8, 4) is 11.5 Å². The molecule has 0 bridgehead atoms. The van der Waals surface area contributed by atoms with Crippen LogP contribution in [0.2, 0.25) is 5.02 Å². The molecule has 1 aromatic carbocycles. The van der Waals surface area contributed by atoms with Crippen LogP contribution in [0.25, 0.3) is 0 Å². The molecule has 1 saturated heterocycles. The van der Waals surface area contributed by atoms with Gasteiger partial charge in [0, 0.05) is 19.1 Å². The van der Waals surface area contributed by atoms with Crippen molar-refractivity contribution in [2.75, 3.05) is 33.9 Å². The first-order chi connectivity index (χ1) is 10.7. The van der Waals surface area contributed by atoms with E-state index in [0.29, 0.717) is 22.6 Å². The van der Waals surface area contributed by atoms with Gasteiger partial charge in [0.05, 0.1) is 19.2 Å². The molecule has 1 aliphatic heterocycles. The summed E-state index contributed by atoms with van der Waals surface area (Å²) >= 11 is 6.41. The van der Waals surface area contributed by atoms with E-state index in [4.69, 9.17) is 21.1 Å². The molecule has 4 nitrogen and oxygen atoms in total. The first-order valence-corrected chi connectivity index (χ1v) is 8.03. The minimum atomic E-state index is 0.533. The summed E-state index contributed by atoms with van der Waals surface area (Å²) in [4.78, 5) is 2.43. The molecule has 0 spiro atoms. The van der Waals surface area contributed by atoms with Crippen molar-refractivity contribution in [2.24, 2.45) is 0 Å². The van der Waals surface area contributed by atoms with E-state index in [2.05, 4.69) is 16.8 Å². The summed E-state index contributed by atoms with van der Waals surface area (Å²) in [5.74, 6) is 1.26. The van der Waals surface area contributed by atoms with Crippen LogP contribution in [-0.2, 0) is 6.54 Å². The molecule has 5 heteroatoms. The molecule has 1 aliphatic rings. The van der Waals surface area contributed by atoms with Crippen LogP contribution in [0.4, 0.5) is 0 Å². The van der Waals surface area contributed by atoms with Crippen LogP contribution in [-0.4, -0.2) is 44.8 Å². The highest BCUT2D eigenvalue weighted by Crippen LogP contribution is 2.37. The highest BCUT2D eigenvalue weighted by atomic mass is 35.5. The molecule has 1 fully saturated rings. The van der Waals surface area contributed by atoms with Gasteiger partial charge in [-0.05, 0) is 37.6 Å². The van der Waals surface area contributed by atoms with E-state index in [1.54, 1.807) is 14.2 Å². The third-order valence-electron chi connectivity index (χ3n) is 4.12. The van der Waals surface area contributed by atoms with Crippen molar-refractivity contribution >= 4 is 11.6 Å². The topological polar surface area (TPSA) is 33.7 Å². The lowest BCUT2D eigenvalue weighted by molar-refractivity contribution is 0.214. The number of hydrogen-bond donors (Lipinski definition) is 1. The van der Waals surface area contributed by atoms with Gasteiger partial charge in [0.25, 0.3) is 0 Å². The first kappa shape index (κ1) is 17.1. The molecule has 2 rings (SSSR count). The lowest BCUT2D eigenvalue weighted by Gasteiger charge is -2.31. The number of hydrogen-bond acceptors (Lipinski definition) is 4. The zero-order valence-corrected chi connectivity index (χ0v) is 14.2. The van der Waals surface area contributed by atoms with Crippen LogP contribution in [0, 0.1) is 0 Å². The van der Waals surface area contributed by atoms with Gasteiger partial charge in [-0.25, -0.2) is 0 Å². The number of halogens is 1. The fourth-order valence-electron chi connectivity index (χ4n) is 2.82. The van der Waals surface area contributed by atoms with E-state index < -0.39 is 0 Å². The van der Waals surface area contributed by atoms with E-state index in [0.717, 1.165) is 44.6 Å². The lowest BCUT2D eigenvalue weighted by Crippen LogP contribution is -2.42. The van der Waals surface area contributed by atoms with Crippen LogP contribution in [0.3, 0.4) is 0 Å². The van der Waals surface area contributed by atoms with Gasteiger partial charge < -0.3 is 14.8 Å². The molecule has 0 saturated carbocycles. The van der Waals surface area contributed by atoms with E-state index in [9.17, 15) is 0 Å². The van der Waals surface area contributed by atoms with E-state index in [1.807, 2.05) is 18.2 Å². The number of nitrogens with zero attached hydrogens (tertiary/aromatic N) is 1. The minimum Gasteiger partial charge on any atom is -0.493 e. The molecule has 0 aliphatic carbocycles. The van der Waals surface area contributed by atoms with E-state index in [-0.39, 0.29) is 0 Å². The highest BCUT2D eigenvalue weighted by molar-refractivity contribution is 6.33. The average molecular weight is 325 g/mol. The molecule has 1 aromatic rings. The zero-order chi connectivity index (χ0) is 15.9. The molecular formula is C17H25ClN2O2. The molecule has 1 N–H and O–H groups in total. The molecule has 122 valence electrons. The summed E-state index contributed by atoms with van der Waals surface area (Å²) in [5.41, 5.74) is 1.04. The number of likely N-dealkylation sites (tertiary alicyclic amines) is 1. The van der Waals surface area contributed by atoms with E-state index >= 15 is 0 Å². The number of piperidine rings is 1. The maximum atomic E-state index is 6.41. The standard InChI is InChI=1S/C17H25ClN2O2/c1-4-9-20-10-7-14(8-11-20)19-12-13-5-6-15(21-2)17(22-3)16(13)18/h4-6,14,19H,1,7-12H2,2-3H3. The molecule has 0 amide bonds. The number of rotatable bonds is 7. The third kappa shape index (κ3) is 4.15. The lowest BCUT2D eigenvalue weighted by atomic mass is 10.0. The Bertz CT molecular complexity index is 500. The van der Waals surface area contributed by atoms with Gasteiger partial charge >= 0.3 is 0 Å². The maximum Gasteiger partial charge on any atom is 0.179 e. The summed E-state index contributed by atoms with van der Waals surface area (Å²) in [7, 11) is 3.22. The molecule has 0 unspecified atom stereocenters. The van der Waals surface area contributed by atoms with Crippen molar-refractivity contribution in [3.63, 3.8) is 0 Å². The smallest absolute Gasteiger partial charge is 0.179 e. The fourth-order valence-corrected chi connectivity index (χ4v) is 3.12. The van der Waals surface area contributed by atoms with Crippen LogP contribution >= 0.6 is 11.6 Å². The van der Waals surface area contributed by atoms with Crippen molar-refractivity contribution in [1.82, 2.24) is 10.2 Å². The molecule has 0 atom stereocenters. The van der Waals surface area contributed by atoms with Gasteiger partial charge in [-0.3, -0.25) is 4.90 Å². The molecule has 1 heterocycles. The van der Waals surface area contributed by atoms with Crippen molar-refractivity contribution in [2.45, 2.75) is 25.4 Å². The average Bonchev–Trinajstić information content (AvgIpc) is 2.55. The number of benzene rings is 1. The number of nitrogens with one attached hydrogen (secondary N) is 1. The fraction of sp³-hybridized carbons (Fsp3) is 0.529. The Balaban J connectivity index is 1.91. The molecule has 0 radical (unpaired) electrons. The summed E-state index contributed by atoms with van der Waals surface area (Å²) in [5, 5.41) is 4.22. The largest absolute Gasteiger partial charge is 0.493 e. The molecule has 0 aromatic heterocycles. The van der Waals surface area contributed by atoms with Crippen LogP contribution < -0.4 is 14.8 Å². The maximum absolute atomic E-state index is 6.41. The molecule has 22 heavy (non-hydrogen) atoms. The monoisotopic (exact) mass is 324 g/mol.